The molecule has 1 rings (SSSR count). The van der Waals surface area contributed by atoms with Gasteiger partial charge in [0.25, 0.3) is 0 Å². The van der Waals surface area contributed by atoms with Crippen molar-refractivity contribution in [1.82, 2.24) is 10.6 Å². The fraction of sp³-hybridized carbons (Fsp3) is 0.923. The lowest BCUT2D eigenvalue weighted by molar-refractivity contribution is -0.121. The number of amides is 1. The molecule has 1 unspecified atom stereocenters. The third-order valence-corrected chi connectivity index (χ3v) is 3.08. The summed E-state index contributed by atoms with van der Waals surface area (Å²) >= 11 is 0. The van der Waals surface area contributed by atoms with Gasteiger partial charge in [-0.05, 0) is 31.7 Å². The van der Waals surface area contributed by atoms with E-state index in [0.717, 1.165) is 32.4 Å². The lowest BCUT2D eigenvalue weighted by atomic mass is 10.1. The van der Waals surface area contributed by atoms with Crippen molar-refractivity contribution in [2.45, 2.75) is 51.6 Å². The maximum Gasteiger partial charge on any atom is 0.220 e. The van der Waals surface area contributed by atoms with Gasteiger partial charge in [0.1, 0.15) is 0 Å². The highest BCUT2D eigenvalue weighted by Crippen LogP contribution is 2.18. The molecular formula is C13H26N2O2. The zero-order valence-electron chi connectivity index (χ0n) is 11.3. The predicted molar refractivity (Wildman–Crippen MR) is 68.9 cm³/mol. The maximum atomic E-state index is 11.4. The van der Waals surface area contributed by atoms with Gasteiger partial charge >= 0.3 is 0 Å². The van der Waals surface area contributed by atoms with Crippen molar-refractivity contribution in [1.29, 1.82) is 0 Å². The topological polar surface area (TPSA) is 50.4 Å². The third kappa shape index (κ3) is 6.64. The van der Waals surface area contributed by atoms with Crippen molar-refractivity contribution in [2.24, 2.45) is 5.92 Å². The van der Waals surface area contributed by atoms with Crippen molar-refractivity contribution in [3.63, 3.8) is 0 Å². The molecule has 1 aliphatic carbocycles. The minimum atomic E-state index is 0.196. The Labute approximate surface area is 104 Å². The van der Waals surface area contributed by atoms with Crippen LogP contribution in [0.3, 0.4) is 0 Å². The first-order valence-corrected chi connectivity index (χ1v) is 6.65. The Hall–Kier alpha value is -0.610. The van der Waals surface area contributed by atoms with E-state index in [1.165, 1.54) is 0 Å². The van der Waals surface area contributed by atoms with Crippen LogP contribution in [0.2, 0.25) is 0 Å². The Balaban J connectivity index is 2.02. The van der Waals surface area contributed by atoms with Crippen LogP contribution in [0.5, 0.6) is 0 Å². The normalized spacial score (nSPS) is 17.2. The second kappa shape index (κ2) is 7.67. The Bertz CT molecular complexity index is 227. The molecule has 0 heterocycles. The quantitative estimate of drug-likeness (QED) is 0.599. The molecule has 0 bridgehead atoms. The van der Waals surface area contributed by atoms with Gasteiger partial charge in [0.2, 0.25) is 5.91 Å². The molecule has 4 heteroatoms. The highest BCUT2D eigenvalue weighted by molar-refractivity contribution is 5.76. The molecule has 1 atom stereocenters. The zero-order chi connectivity index (χ0) is 12.7. The van der Waals surface area contributed by atoms with E-state index in [2.05, 4.69) is 24.5 Å². The number of carbonyl (C=O) groups excluding carboxylic acids is 1. The molecule has 100 valence electrons. The predicted octanol–water partition coefficient (Wildman–Crippen LogP) is 1.31. The van der Waals surface area contributed by atoms with Gasteiger partial charge in [0, 0.05) is 25.6 Å². The summed E-state index contributed by atoms with van der Waals surface area (Å²) in [5.41, 5.74) is 0. The monoisotopic (exact) mass is 242 g/mol. The van der Waals surface area contributed by atoms with Crippen LogP contribution in [0, 0.1) is 5.92 Å². The Morgan fingerprint density at radius 1 is 1.41 bits per heavy atom. The van der Waals surface area contributed by atoms with E-state index in [0.29, 0.717) is 24.4 Å². The van der Waals surface area contributed by atoms with Crippen LogP contribution < -0.4 is 10.6 Å². The maximum absolute atomic E-state index is 11.4. The summed E-state index contributed by atoms with van der Waals surface area (Å²) in [6.45, 7) is 5.96. The molecule has 1 saturated carbocycles. The smallest absolute Gasteiger partial charge is 0.220 e. The van der Waals surface area contributed by atoms with Crippen LogP contribution in [0.1, 0.15) is 39.5 Å². The third-order valence-electron chi connectivity index (χ3n) is 3.08. The van der Waals surface area contributed by atoms with Gasteiger partial charge in [-0.3, -0.25) is 4.79 Å². The standard InChI is InChI=1S/C13H26N2O2/c1-10(2)12(9-17-3)14-8-4-5-13(16)15-11-6-7-11/h10-12,14H,4-9H2,1-3H3,(H,15,16). The summed E-state index contributed by atoms with van der Waals surface area (Å²) in [6, 6.07) is 0.860. The molecule has 1 amide bonds. The Kier molecular flexibility index (Phi) is 6.52. The minimum Gasteiger partial charge on any atom is -0.383 e. The molecule has 0 saturated heterocycles. The van der Waals surface area contributed by atoms with E-state index in [-0.39, 0.29) is 5.91 Å². The van der Waals surface area contributed by atoms with Crippen molar-refractivity contribution in [3.05, 3.63) is 0 Å². The molecule has 4 nitrogen and oxygen atoms in total. The lowest BCUT2D eigenvalue weighted by Crippen LogP contribution is -2.38. The van der Waals surface area contributed by atoms with Crippen molar-refractivity contribution >= 4 is 5.91 Å². The van der Waals surface area contributed by atoms with Crippen molar-refractivity contribution in [3.8, 4) is 0 Å². The van der Waals surface area contributed by atoms with Crippen molar-refractivity contribution < 1.29 is 9.53 Å². The second-order valence-corrected chi connectivity index (χ2v) is 5.21. The van der Waals surface area contributed by atoms with E-state index in [1.54, 1.807) is 7.11 Å². The number of carbonyl (C=O) groups is 1. The fourth-order valence-electron chi connectivity index (χ4n) is 1.73. The van der Waals surface area contributed by atoms with Crippen LogP contribution in [0.15, 0.2) is 0 Å². The van der Waals surface area contributed by atoms with Gasteiger partial charge in [-0.2, -0.15) is 0 Å². The van der Waals surface area contributed by atoms with E-state index < -0.39 is 0 Å². The van der Waals surface area contributed by atoms with Gasteiger partial charge < -0.3 is 15.4 Å². The van der Waals surface area contributed by atoms with Gasteiger partial charge in [0.15, 0.2) is 0 Å². The van der Waals surface area contributed by atoms with Crippen molar-refractivity contribution in [2.75, 3.05) is 20.3 Å². The summed E-state index contributed by atoms with van der Waals surface area (Å²) in [5, 5.41) is 6.44. The Morgan fingerprint density at radius 2 is 2.12 bits per heavy atom. The number of methoxy groups -OCH3 is 1. The number of hydrogen-bond acceptors (Lipinski definition) is 3. The molecule has 0 aromatic rings. The Morgan fingerprint density at radius 3 is 2.65 bits per heavy atom. The molecule has 0 spiro atoms. The van der Waals surface area contributed by atoms with Gasteiger partial charge in [-0.15, -0.1) is 0 Å². The number of ether oxygens (including phenoxy) is 1. The average Bonchev–Trinajstić information content (AvgIpc) is 3.06. The van der Waals surface area contributed by atoms with Crippen LogP contribution in [0.25, 0.3) is 0 Å². The van der Waals surface area contributed by atoms with E-state index >= 15 is 0 Å². The highest BCUT2D eigenvalue weighted by atomic mass is 16.5. The van der Waals surface area contributed by atoms with E-state index in [1.807, 2.05) is 0 Å². The second-order valence-electron chi connectivity index (χ2n) is 5.21. The molecule has 1 fully saturated rings. The zero-order valence-corrected chi connectivity index (χ0v) is 11.3. The molecule has 1 aliphatic rings. The largest absolute Gasteiger partial charge is 0.383 e. The first kappa shape index (κ1) is 14.5. The molecule has 0 aromatic carbocycles. The lowest BCUT2D eigenvalue weighted by Gasteiger charge is -2.21. The molecular weight excluding hydrogens is 216 g/mol. The van der Waals surface area contributed by atoms with Gasteiger partial charge in [0.05, 0.1) is 6.61 Å². The average molecular weight is 242 g/mol. The summed E-state index contributed by atoms with van der Waals surface area (Å²) in [5.74, 6) is 0.748. The first-order valence-electron chi connectivity index (χ1n) is 6.65. The first-order chi connectivity index (χ1) is 8.13. The summed E-state index contributed by atoms with van der Waals surface area (Å²) in [6.07, 6.45) is 3.84. The SMILES string of the molecule is COCC(NCCCC(=O)NC1CC1)C(C)C. The van der Waals surface area contributed by atoms with E-state index in [4.69, 9.17) is 4.74 Å². The summed E-state index contributed by atoms with van der Waals surface area (Å²) in [7, 11) is 1.72. The van der Waals surface area contributed by atoms with Crippen LogP contribution >= 0.6 is 0 Å². The number of nitrogens with one attached hydrogen (secondary N) is 2. The van der Waals surface area contributed by atoms with Gasteiger partial charge in [-0.1, -0.05) is 13.8 Å². The van der Waals surface area contributed by atoms with Crippen LogP contribution in [-0.4, -0.2) is 38.3 Å². The molecule has 2 N–H and O–H groups in total. The molecule has 0 radical (unpaired) electrons. The molecule has 0 aliphatic heterocycles. The highest BCUT2D eigenvalue weighted by Gasteiger charge is 2.22. The minimum absolute atomic E-state index is 0.196. The van der Waals surface area contributed by atoms with Crippen LogP contribution in [-0.2, 0) is 9.53 Å². The summed E-state index contributed by atoms with van der Waals surface area (Å²) < 4.78 is 5.16. The number of rotatable bonds is 9. The number of hydrogen-bond donors (Lipinski definition) is 2. The fourth-order valence-corrected chi connectivity index (χ4v) is 1.73. The van der Waals surface area contributed by atoms with Crippen LogP contribution in [0.4, 0.5) is 0 Å². The molecule has 0 aromatic heterocycles. The molecule has 17 heavy (non-hydrogen) atoms. The van der Waals surface area contributed by atoms with Gasteiger partial charge in [-0.25, -0.2) is 0 Å². The summed E-state index contributed by atoms with van der Waals surface area (Å²) in [4.78, 5) is 11.4. The van der Waals surface area contributed by atoms with E-state index in [9.17, 15) is 4.79 Å².